The Bertz CT molecular complexity index is 1010. The van der Waals surface area contributed by atoms with Gasteiger partial charge in [-0.1, -0.05) is 54.1 Å². The van der Waals surface area contributed by atoms with E-state index in [0.717, 1.165) is 16.7 Å². The number of benzene rings is 2. The number of nitrogens with zero attached hydrogens (tertiary/aromatic N) is 3. The van der Waals surface area contributed by atoms with Crippen LogP contribution in [0.1, 0.15) is 28.7 Å². The van der Waals surface area contributed by atoms with E-state index in [2.05, 4.69) is 16.5 Å². The van der Waals surface area contributed by atoms with Crippen molar-refractivity contribution in [3.8, 4) is 0 Å². The predicted molar refractivity (Wildman–Crippen MR) is 114 cm³/mol. The number of aryl methyl sites for hydroxylation is 1. The molecule has 3 aromatic rings. The Morgan fingerprint density at radius 2 is 1.87 bits per heavy atom. The topological polar surface area (TPSA) is 67.2 Å². The molecule has 154 valence electrons. The third-order valence-electron chi connectivity index (χ3n) is 5.44. The summed E-state index contributed by atoms with van der Waals surface area (Å²) < 4.78 is 1.87. The van der Waals surface area contributed by atoms with E-state index in [1.807, 2.05) is 66.3 Å². The maximum Gasteiger partial charge on any atom is 0.225 e. The fourth-order valence-corrected chi connectivity index (χ4v) is 3.77. The zero-order valence-electron chi connectivity index (χ0n) is 17.1. The number of carbonyl (C=O) groups excluding carboxylic acids is 2. The molecule has 2 amide bonds. The lowest BCUT2D eigenvalue weighted by Crippen LogP contribution is -2.32. The molecule has 1 unspecified atom stereocenters. The molecule has 1 aliphatic rings. The van der Waals surface area contributed by atoms with E-state index in [0.29, 0.717) is 26.2 Å². The number of likely N-dealkylation sites (tertiary alicyclic amines) is 1. The summed E-state index contributed by atoms with van der Waals surface area (Å²) in [5.41, 5.74) is 4.45. The van der Waals surface area contributed by atoms with Gasteiger partial charge in [-0.3, -0.25) is 14.3 Å². The molecule has 1 aliphatic heterocycles. The van der Waals surface area contributed by atoms with E-state index in [9.17, 15) is 9.59 Å². The third kappa shape index (κ3) is 4.95. The summed E-state index contributed by atoms with van der Waals surface area (Å²) in [5, 5.41) is 7.23. The van der Waals surface area contributed by atoms with Crippen LogP contribution < -0.4 is 5.32 Å². The molecule has 1 N–H and O–H groups in total. The Kier molecular flexibility index (Phi) is 5.93. The van der Waals surface area contributed by atoms with Crippen LogP contribution >= 0.6 is 0 Å². The number of aromatic nitrogens is 2. The van der Waals surface area contributed by atoms with Crippen LogP contribution in [0.2, 0.25) is 0 Å². The number of nitrogens with one attached hydrogen (secondary N) is 1. The second kappa shape index (κ2) is 8.95. The summed E-state index contributed by atoms with van der Waals surface area (Å²) in [6, 6.07) is 18.2. The Hall–Kier alpha value is -3.41. The smallest absolute Gasteiger partial charge is 0.225 e. The Morgan fingerprint density at radius 3 is 2.63 bits per heavy atom. The lowest BCUT2D eigenvalue weighted by molar-refractivity contribution is -0.129. The van der Waals surface area contributed by atoms with Gasteiger partial charge in [0.2, 0.25) is 11.8 Å². The van der Waals surface area contributed by atoms with Crippen LogP contribution in [0, 0.1) is 12.8 Å². The van der Waals surface area contributed by atoms with Gasteiger partial charge in [-0.15, -0.1) is 0 Å². The standard InChI is InChI=1S/C24H26N4O2/c1-18-6-8-19(9-7-18)15-27-17-22(13-23(27)29)24(30)25-14-20-4-2-5-21(12-20)16-28-11-3-10-26-28/h2-12,22H,13-17H2,1H3,(H,25,30). The molecule has 2 heterocycles. The minimum absolute atomic E-state index is 0.0388. The summed E-state index contributed by atoms with van der Waals surface area (Å²) in [4.78, 5) is 26.8. The zero-order chi connectivity index (χ0) is 20.9. The molecule has 2 aromatic carbocycles. The number of carbonyl (C=O) groups is 2. The van der Waals surface area contributed by atoms with Crippen LogP contribution in [0.15, 0.2) is 67.0 Å². The van der Waals surface area contributed by atoms with Crippen molar-refractivity contribution in [1.82, 2.24) is 20.0 Å². The van der Waals surface area contributed by atoms with Crippen LogP contribution in [0.4, 0.5) is 0 Å². The van der Waals surface area contributed by atoms with Crippen LogP contribution in [0.3, 0.4) is 0 Å². The molecule has 1 fully saturated rings. The molecule has 4 rings (SSSR count). The van der Waals surface area contributed by atoms with Crippen molar-refractivity contribution in [2.24, 2.45) is 5.92 Å². The molecule has 0 spiro atoms. The molecule has 6 nitrogen and oxygen atoms in total. The van der Waals surface area contributed by atoms with Gasteiger partial charge in [0.15, 0.2) is 0 Å². The average molecular weight is 402 g/mol. The van der Waals surface area contributed by atoms with Gasteiger partial charge in [0.25, 0.3) is 0 Å². The van der Waals surface area contributed by atoms with Crippen molar-refractivity contribution in [3.05, 3.63) is 89.2 Å². The molecule has 0 radical (unpaired) electrons. The van der Waals surface area contributed by atoms with Crippen LogP contribution in [-0.4, -0.2) is 33.0 Å². The lowest BCUT2D eigenvalue weighted by atomic mass is 10.1. The fraction of sp³-hybridized carbons (Fsp3) is 0.292. The van der Waals surface area contributed by atoms with Crippen molar-refractivity contribution >= 4 is 11.8 Å². The van der Waals surface area contributed by atoms with E-state index >= 15 is 0 Å². The normalized spacial score (nSPS) is 16.1. The SMILES string of the molecule is Cc1ccc(CN2CC(C(=O)NCc3cccc(Cn4cccn4)c3)CC2=O)cc1. The van der Waals surface area contributed by atoms with Gasteiger partial charge < -0.3 is 10.2 Å². The molecule has 0 bridgehead atoms. The largest absolute Gasteiger partial charge is 0.352 e. The van der Waals surface area contributed by atoms with Crippen LogP contribution in [-0.2, 0) is 29.2 Å². The second-order valence-corrected chi connectivity index (χ2v) is 7.90. The molecule has 1 atom stereocenters. The minimum atomic E-state index is -0.296. The van der Waals surface area contributed by atoms with Gasteiger partial charge >= 0.3 is 0 Å². The van der Waals surface area contributed by atoms with Crippen molar-refractivity contribution in [3.63, 3.8) is 0 Å². The van der Waals surface area contributed by atoms with Gasteiger partial charge in [-0.25, -0.2) is 0 Å². The van der Waals surface area contributed by atoms with Gasteiger partial charge in [-0.05, 0) is 29.7 Å². The van der Waals surface area contributed by atoms with Crippen LogP contribution in [0.5, 0.6) is 0 Å². The monoisotopic (exact) mass is 402 g/mol. The molecule has 0 saturated carbocycles. The van der Waals surface area contributed by atoms with E-state index in [1.54, 1.807) is 11.1 Å². The highest BCUT2D eigenvalue weighted by Gasteiger charge is 2.34. The van der Waals surface area contributed by atoms with Crippen LogP contribution in [0.25, 0.3) is 0 Å². The second-order valence-electron chi connectivity index (χ2n) is 7.90. The van der Waals surface area contributed by atoms with E-state index in [-0.39, 0.29) is 24.2 Å². The first kappa shape index (κ1) is 19.9. The number of amides is 2. The van der Waals surface area contributed by atoms with Crippen molar-refractivity contribution in [2.75, 3.05) is 6.54 Å². The molecule has 0 aliphatic carbocycles. The first-order valence-electron chi connectivity index (χ1n) is 10.2. The maximum absolute atomic E-state index is 12.6. The van der Waals surface area contributed by atoms with E-state index in [4.69, 9.17) is 0 Å². The first-order chi connectivity index (χ1) is 14.6. The molecular weight excluding hydrogens is 376 g/mol. The van der Waals surface area contributed by atoms with Gasteiger partial charge in [-0.2, -0.15) is 5.10 Å². The summed E-state index contributed by atoms with van der Waals surface area (Å²) >= 11 is 0. The van der Waals surface area contributed by atoms with Gasteiger partial charge in [0.1, 0.15) is 0 Å². The number of hydrogen-bond acceptors (Lipinski definition) is 3. The highest BCUT2D eigenvalue weighted by molar-refractivity contribution is 5.89. The van der Waals surface area contributed by atoms with Crippen molar-refractivity contribution in [2.45, 2.75) is 33.0 Å². The summed E-state index contributed by atoms with van der Waals surface area (Å²) in [7, 11) is 0. The van der Waals surface area contributed by atoms with Crippen molar-refractivity contribution < 1.29 is 9.59 Å². The Balaban J connectivity index is 1.30. The van der Waals surface area contributed by atoms with E-state index in [1.165, 1.54) is 5.56 Å². The quantitative estimate of drug-likeness (QED) is 0.661. The number of hydrogen-bond donors (Lipinski definition) is 1. The molecule has 1 saturated heterocycles. The summed E-state index contributed by atoms with van der Waals surface area (Å²) in [6.45, 7) is 4.21. The highest BCUT2D eigenvalue weighted by Crippen LogP contribution is 2.21. The fourth-order valence-electron chi connectivity index (χ4n) is 3.77. The third-order valence-corrected chi connectivity index (χ3v) is 5.44. The Morgan fingerprint density at radius 1 is 1.07 bits per heavy atom. The Labute approximate surface area is 176 Å². The zero-order valence-corrected chi connectivity index (χ0v) is 17.1. The average Bonchev–Trinajstić information content (AvgIpc) is 3.38. The summed E-state index contributed by atoms with van der Waals surface area (Å²) in [5.74, 6) is -0.320. The number of rotatable bonds is 7. The molecule has 1 aromatic heterocycles. The van der Waals surface area contributed by atoms with E-state index < -0.39 is 0 Å². The maximum atomic E-state index is 12.6. The lowest BCUT2D eigenvalue weighted by Gasteiger charge is -2.17. The predicted octanol–water partition coefficient (Wildman–Crippen LogP) is 2.90. The van der Waals surface area contributed by atoms with Gasteiger partial charge in [0, 0.05) is 38.4 Å². The first-order valence-corrected chi connectivity index (χ1v) is 10.2. The summed E-state index contributed by atoms with van der Waals surface area (Å²) in [6.07, 6.45) is 3.96. The minimum Gasteiger partial charge on any atom is -0.352 e. The van der Waals surface area contributed by atoms with Gasteiger partial charge in [0.05, 0.1) is 12.5 Å². The molecule has 6 heteroatoms. The molecular formula is C24H26N4O2. The molecule has 30 heavy (non-hydrogen) atoms. The highest BCUT2D eigenvalue weighted by atomic mass is 16.2. The van der Waals surface area contributed by atoms with Crippen molar-refractivity contribution in [1.29, 1.82) is 0 Å².